The van der Waals surface area contributed by atoms with Gasteiger partial charge in [-0.25, -0.2) is 0 Å². The highest BCUT2D eigenvalue weighted by Crippen LogP contribution is 2.53. The minimum Gasteiger partial charge on any atom is -0.398 e. The van der Waals surface area contributed by atoms with E-state index in [2.05, 4.69) is 0 Å². The lowest BCUT2D eigenvalue weighted by molar-refractivity contribution is 0.805. The minimum atomic E-state index is -1.90. The van der Waals surface area contributed by atoms with Gasteiger partial charge in [-0.2, -0.15) is 0 Å². The fourth-order valence-electron chi connectivity index (χ4n) is 1.30. The van der Waals surface area contributed by atoms with Gasteiger partial charge in [-0.3, -0.25) is 0 Å². The number of rotatable bonds is 4. The highest BCUT2D eigenvalue weighted by Gasteiger charge is 2.44. The predicted octanol–water partition coefficient (Wildman–Crippen LogP) is -0.616. The summed E-state index contributed by atoms with van der Waals surface area (Å²) in [7, 11) is 39.8. The molecule has 0 atom stereocenters. The fourth-order valence-corrected chi connectivity index (χ4v) is 2.33. The summed E-state index contributed by atoms with van der Waals surface area (Å²) in [5, 5.41) is -3.81. The van der Waals surface area contributed by atoms with Crippen LogP contribution in [0.25, 0.3) is 0 Å². The lowest BCUT2D eigenvalue weighted by atomic mass is 9.21. The molecule has 0 aliphatic rings. The summed E-state index contributed by atoms with van der Waals surface area (Å²) >= 11 is 0.934. The summed E-state index contributed by atoms with van der Waals surface area (Å²) in [6.07, 6.45) is 0. The van der Waals surface area contributed by atoms with Gasteiger partial charge < -0.3 is 5.73 Å². The summed E-state index contributed by atoms with van der Waals surface area (Å²) in [6.45, 7) is 0. The third kappa shape index (κ3) is 3.04. The number of hydrogen-bond acceptors (Lipinski definition) is 2. The first-order chi connectivity index (χ1) is 7.99. The second kappa shape index (κ2) is 5.07. The number of para-hydroxylation sites is 1. The Labute approximate surface area is 122 Å². The van der Waals surface area contributed by atoms with E-state index in [4.69, 9.17) is 60.7 Å². The van der Waals surface area contributed by atoms with Crippen LogP contribution in [0.3, 0.4) is 0 Å². The lowest BCUT2D eigenvalue weighted by Gasteiger charge is -2.54. The minimum absolute atomic E-state index is 0.464. The van der Waals surface area contributed by atoms with E-state index >= 15 is 0 Å². The molecule has 0 aliphatic heterocycles. The Bertz CT molecular complexity index is 412. The van der Waals surface area contributed by atoms with Crippen molar-refractivity contribution >= 4 is 72.4 Å². The van der Waals surface area contributed by atoms with Crippen LogP contribution in [0.4, 0.5) is 5.69 Å². The number of hydrogen-bond donors (Lipinski definition) is 1. The average molecular weight is 236 g/mol. The van der Waals surface area contributed by atoms with Crippen molar-refractivity contribution < 1.29 is 0 Å². The molecular formula is C9H6B7NS. The molecule has 0 unspecified atom stereocenters. The normalized spacial score (nSPS) is 13.3. The van der Waals surface area contributed by atoms with Crippen LogP contribution in [0.1, 0.15) is 0 Å². The predicted molar refractivity (Wildman–Crippen MR) is 85.1 cm³/mol. The van der Waals surface area contributed by atoms with Crippen LogP contribution >= 0.6 is 11.8 Å². The first-order valence-corrected chi connectivity index (χ1v) is 5.86. The van der Waals surface area contributed by atoms with Gasteiger partial charge in [-0.1, -0.05) is 16.8 Å². The highest BCUT2D eigenvalue weighted by molar-refractivity contribution is 8.02. The fraction of sp³-hybridized carbons (Fsp3) is 0.333. The van der Waals surface area contributed by atoms with E-state index in [1.165, 1.54) is 0 Å². The molecule has 0 amide bonds. The number of nitrogen functional groups attached to an aromatic ring is 1. The van der Waals surface area contributed by atoms with Gasteiger partial charge in [0.2, 0.25) is 0 Å². The molecule has 0 fully saturated rings. The molecule has 74 valence electrons. The standard InChI is InChI=1S/C9H6B7NS/c10-7(8(11,12)13,9(14,15)16)18-6-4-2-1-3-5(6)17/h1-4H,17H2. The molecule has 0 aliphatic carbocycles. The Balaban J connectivity index is 3.21. The van der Waals surface area contributed by atoms with Gasteiger partial charge in [0, 0.05) is 10.6 Å². The van der Waals surface area contributed by atoms with Crippen LogP contribution in [0.5, 0.6) is 0 Å². The van der Waals surface area contributed by atoms with E-state index in [-0.39, 0.29) is 0 Å². The van der Waals surface area contributed by atoms with Gasteiger partial charge in [0.05, 0.1) is 54.9 Å². The molecule has 9 heteroatoms. The van der Waals surface area contributed by atoms with E-state index in [9.17, 15) is 0 Å². The van der Waals surface area contributed by atoms with Crippen molar-refractivity contribution in [1.82, 2.24) is 0 Å². The number of benzene rings is 1. The topological polar surface area (TPSA) is 26.0 Å². The maximum atomic E-state index is 6.01. The maximum Gasteiger partial charge on any atom is 0.0853 e. The number of anilines is 1. The summed E-state index contributed by atoms with van der Waals surface area (Å²) in [4.78, 5) is 0.580. The number of nitrogens with two attached hydrogens (primary N) is 1. The quantitative estimate of drug-likeness (QED) is 0.428. The summed E-state index contributed by atoms with van der Waals surface area (Å²) in [5.74, 6) is 0. The van der Waals surface area contributed by atoms with Gasteiger partial charge in [0.1, 0.15) is 0 Å². The summed E-state index contributed by atoms with van der Waals surface area (Å²) in [5.41, 5.74) is 6.26. The average Bonchev–Trinajstić information content (AvgIpc) is 2.18. The van der Waals surface area contributed by atoms with Crippen molar-refractivity contribution in [2.45, 2.75) is 19.8 Å². The zero-order valence-corrected chi connectivity index (χ0v) is 10.7. The molecular weight excluding hydrogens is 230 g/mol. The van der Waals surface area contributed by atoms with Crippen molar-refractivity contribution in [3.63, 3.8) is 0 Å². The van der Waals surface area contributed by atoms with Crippen molar-refractivity contribution in [3.05, 3.63) is 24.3 Å². The zero-order chi connectivity index (χ0) is 14.2. The molecule has 1 aromatic rings. The molecule has 2 N–H and O–H groups in total. The smallest absolute Gasteiger partial charge is 0.0853 e. The van der Waals surface area contributed by atoms with E-state index in [1.807, 2.05) is 0 Å². The molecule has 1 aromatic carbocycles. The van der Waals surface area contributed by atoms with Crippen molar-refractivity contribution in [3.8, 4) is 0 Å². The van der Waals surface area contributed by atoms with Crippen LogP contribution in [0, 0.1) is 0 Å². The molecule has 1 rings (SSSR count). The van der Waals surface area contributed by atoms with Crippen LogP contribution in [0.15, 0.2) is 29.2 Å². The van der Waals surface area contributed by atoms with E-state index in [0.717, 1.165) is 11.8 Å². The van der Waals surface area contributed by atoms with Crippen LogP contribution in [0.2, 0.25) is 10.2 Å². The molecule has 18 heavy (non-hydrogen) atoms. The largest absolute Gasteiger partial charge is 0.398 e. The molecule has 0 heterocycles. The maximum absolute atomic E-state index is 6.01. The van der Waals surface area contributed by atoms with E-state index in [0.29, 0.717) is 10.6 Å². The van der Waals surface area contributed by atoms with Crippen molar-refractivity contribution in [2.24, 2.45) is 0 Å². The SMILES string of the molecule is [B]C([B])([B])C([B])(Sc1ccccc1N)C([B])([B])[B]. The molecule has 0 saturated carbocycles. The van der Waals surface area contributed by atoms with Gasteiger partial charge in [0.15, 0.2) is 0 Å². The Kier molecular flexibility index (Phi) is 4.47. The molecule has 0 bridgehead atoms. The van der Waals surface area contributed by atoms with Crippen molar-refractivity contribution in [1.29, 1.82) is 0 Å². The van der Waals surface area contributed by atoms with Gasteiger partial charge >= 0.3 is 0 Å². The first-order valence-electron chi connectivity index (χ1n) is 5.04. The first kappa shape index (κ1) is 15.9. The molecule has 1 nitrogen and oxygen atoms in total. The second-order valence-corrected chi connectivity index (χ2v) is 5.53. The van der Waals surface area contributed by atoms with E-state index in [1.54, 1.807) is 24.3 Å². The monoisotopic (exact) mass is 237 g/mol. The Morgan fingerprint density at radius 3 is 1.67 bits per heavy atom. The lowest BCUT2D eigenvalue weighted by Crippen LogP contribution is -2.53. The molecule has 0 saturated heterocycles. The van der Waals surface area contributed by atoms with Crippen LogP contribution in [-0.2, 0) is 0 Å². The van der Waals surface area contributed by atoms with Crippen molar-refractivity contribution in [2.75, 3.05) is 5.73 Å². The molecule has 0 aromatic heterocycles. The Morgan fingerprint density at radius 2 is 1.28 bits per heavy atom. The molecule has 0 spiro atoms. The summed E-state index contributed by atoms with van der Waals surface area (Å²) in [6, 6.07) is 6.91. The van der Waals surface area contributed by atoms with Gasteiger partial charge in [0.25, 0.3) is 0 Å². The third-order valence-corrected chi connectivity index (χ3v) is 4.10. The molecule has 14 radical (unpaired) electrons. The zero-order valence-electron chi connectivity index (χ0n) is 9.84. The van der Waals surface area contributed by atoms with Crippen LogP contribution < -0.4 is 5.73 Å². The highest BCUT2D eigenvalue weighted by atomic mass is 32.2. The second-order valence-electron chi connectivity index (χ2n) is 4.24. The Morgan fingerprint density at radius 1 is 0.833 bits per heavy atom. The van der Waals surface area contributed by atoms with Crippen LogP contribution in [-0.4, -0.2) is 59.6 Å². The van der Waals surface area contributed by atoms with Gasteiger partial charge in [-0.05, 0) is 12.1 Å². The van der Waals surface area contributed by atoms with E-state index < -0.39 is 14.9 Å². The Hall–Kier alpha value is -0.175. The third-order valence-electron chi connectivity index (χ3n) is 2.48. The summed E-state index contributed by atoms with van der Waals surface area (Å²) < 4.78 is -1.73. The van der Waals surface area contributed by atoms with Gasteiger partial charge in [-0.15, -0.1) is 22.0 Å². The number of thioether (sulfide) groups is 1.